The Labute approximate surface area is 109 Å². The first-order valence-electron chi connectivity index (χ1n) is 7.59. The summed E-state index contributed by atoms with van der Waals surface area (Å²) in [6, 6.07) is 0. The van der Waals surface area contributed by atoms with E-state index >= 15 is 0 Å². The van der Waals surface area contributed by atoms with Crippen LogP contribution in [0.2, 0.25) is 0 Å². The van der Waals surface area contributed by atoms with Gasteiger partial charge in [0.2, 0.25) is 0 Å². The SMILES string of the molecule is C=C(C/C=C/C)CCCCCCCCCCC. The van der Waals surface area contributed by atoms with Gasteiger partial charge in [-0.2, -0.15) is 0 Å². The van der Waals surface area contributed by atoms with Crippen molar-refractivity contribution >= 4 is 0 Å². The number of unbranched alkanes of at least 4 members (excludes halogenated alkanes) is 8. The minimum absolute atomic E-state index is 1.08. The molecule has 0 aliphatic heterocycles. The summed E-state index contributed by atoms with van der Waals surface area (Å²) >= 11 is 0. The molecule has 0 aliphatic rings. The molecule has 0 spiro atoms. The van der Waals surface area contributed by atoms with Gasteiger partial charge in [-0.1, -0.05) is 82.6 Å². The molecule has 0 rings (SSSR count). The molecule has 0 saturated carbocycles. The lowest BCUT2D eigenvalue weighted by molar-refractivity contribution is 0.564. The van der Waals surface area contributed by atoms with Gasteiger partial charge in [0, 0.05) is 0 Å². The fraction of sp³-hybridized carbons (Fsp3) is 0.765. The second-order valence-electron chi connectivity index (χ2n) is 5.10. The average Bonchev–Trinajstić information content (AvgIpc) is 2.34. The molecule has 0 amide bonds. The van der Waals surface area contributed by atoms with Crippen molar-refractivity contribution in [3.8, 4) is 0 Å². The van der Waals surface area contributed by atoms with Gasteiger partial charge in [-0.15, -0.1) is 0 Å². The summed E-state index contributed by atoms with van der Waals surface area (Å²) in [6.45, 7) is 8.46. The van der Waals surface area contributed by atoms with Crippen molar-refractivity contribution in [2.75, 3.05) is 0 Å². The average molecular weight is 236 g/mol. The van der Waals surface area contributed by atoms with E-state index in [2.05, 4.69) is 32.6 Å². The minimum atomic E-state index is 1.08. The maximum atomic E-state index is 4.11. The number of allylic oxidation sites excluding steroid dienone is 3. The van der Waals surface area contributed by atoms with Gasteiger partial charge in [-0.25, -0.2) is 0 Å². The monoisotopic (exact) mass is 236 g/mol. The number of rotatable bonds is 12. The summed E-state index contributed by atoms with van der Waals surface area (Å²) in [4.78, 5) is 0. The predicted octanol–water partition coefficient (Wildman–Crippen LogP) is 6.43. The van der Waals surface area contributed by atoms with Crippen molar-refractivity contribution in [3.63, 3.8) is 0 Å². The number of hydrogen-bond donors (Lipinski definition) is 0. The zero-order valence-electron chi connectivity index (χ0n) is 12.1. The molecule has 0 saturated heterocycles. The standard InChI is InChI=1S/C17H32/c1-4-6-8-9-10-11-12-13-14-16-17(3)15-7-5-2/h5,7H,3-4,6,8-16H2,1-2H3/b7-5+. The van der Waals surface area contributed by atoms with Crippen LogP contribution in [0.4, 0.5) is 0 Å². The van der Waals surface area contributed by atoms with Crippen molar-refractivity contribution in [3.05, 3.63) is 24.3 Å². The van der Waals surface area contributed by atoms with E-state index < -0.39 is 0 Å². The summed E-state index contributed by atoms with van der Waals surface area (Å²) in [5.74, 6) is 0. The molecule has 0 N–H and O–H groups in total. The van der Waals surface area contributed by atoms with Gasteiger partial charge in [0.15, 0.2) is 0 Å². The second kappa shape index (κ2) is 13.5. The molecular formula is C17H32. The van der Waals surface area contributed by atoms with Crippen molar-refractivity contribution in [1.29, 1.82) is 0 Å². The van der Waals surface area contributed by atoms with Crippen LogP contribution in [0, 0.1) is 0 Å². The second-order valence-corrected chi connectivity index (χ2v) is 5.10. The first-order chi connectivity index (χ1) is 8.31. The van der Waals surface area contributed by atoms with Gasteiger partial charge in [0.1, 0.15) is 0 Å². The van der Waals surface area contributed by atoms with Crippen LogP contribution in [-0.2, 0) is 0 Å². The van der Waals surface area contributed by atoms with E-state index in [1.165, 1.54) is 69.8 Å². The van der Waals surface area contributed by atoms with Crippen LogP contribution in [-0.4, -0.2) is 0 Å². The fourth-order valence-corrected chi connectivity index (χ4v) is 2.07. The molecule has 0 aromatic rings. The van der Waals surface area contributed by atoms with E-state index in [-0.39, 0.29) is 0 Å². The highest BCUT2D eigenvalue weighted by molar-refractivity contribution is 5.01. The molecule has 0 heterocycles. The molecule has 0 atom stereocenters. The Hall–Kier alpha value is -0.520. The molecule has 0 aromatic heterocycles. The van der Waals surface area contributed by atoms with E-state index in [9.17, 15) is 0 Å². The van der Waals surface area contributed by atoms with Crippen LogP contribution in [0.5, 0.6) is 0 Å². The first kappa shape index (κ1) is 16.5. The lowest BCUT2D eigenvalue weighted by Crippen LogP contribution is -1.83. The Morgan fingerprint density at radius 3 is 1.94 bits per heavy atom. The summed E-state index contributed by atoms with van der Waals surface area (Å²) in [7, 11) is 0. The van der Waals surface area contributed by atoms with Crippen LogP contribution in [0.3, 0.4) is 0 Å². The highest BCUT2D eigenvalue weighted by Gasteiger charge is 1.94. The van der Waals surface area contributed by atoms with Crippen LogP contribution in [0.15, 0.2) is 24.3 Å². The smallest absolute Gasteiger partial charge is 0.0142 e. The molecule has 0 aromatic carbocycles. The fourth-order valence-electron chi connectivity index (χ4n) is 2.07. The Balaban J connectivity index is 3.10. The van der Waals surface area contributed by atoms with Crippen LogP contribution in [0.25, 0.3) is 0 Å². The molecule has 0 nitrogen and oxygen atoms in total. The maximum Gasteiger partial charge on any atom is -0.0142 e. The Morgan fingerprint density at radius 2 is 1.41 bits per heavy atom. The largest absolute Gasteiger partial charge is 0.0995 e. The minimum Gasteiger partial charge on any atom is -0.0995 e. The molecule has 17 heavy (non-hydrogen) atoms. The van der Waals surface area contributed by atoms with Crippen molar-refractivity contribution in [2.24, 2.45) is 0 Å². The molecule has 100 valence electrons. The summed E-state index contributed by atoms with van der Waals surface area (Å²) in [5, 5.41) is 0. The summed E-state index contributed by atoms with van der Waals surface area (Å²) < 4.78 is 0. The third kappa shape index (κ3) is 13.4. The third-order valence-corrected chi connectivity index (χ3v) is 3.28. The van der Waals surface area contributed by atoms with Gasteiger partial charge in [0.25, 0.3) is 0 Å². The van der Waals surface area contributed by atoms with Gasteiger partial charge in [0.05, 0.1) is 0 Å². The van der Waals surface area contributed by atoms with E-state index in [0.29, 0.717) is 0 Å². The highest BCUT2D eigenvalue weighted by atomic mass is 14.0. The molecule has 0 heteroatoms. The van der Waals surface area contributed by atoms with Gasteiger partial charge in [-0.05, 0) is 26.2 Å². The van der Waals surface area contributed by atoms with Crippen LogP contribution in [0.1, 0.15) is 84.5 Å². The van der Waals surface area contributed by atoms with Crippen LogP contribution >= 0.6 is 0 Å². The van der Waals surface area contributed by atoms with E-state index in [1.807, 2.05) is 0 Å². The highest BCUT2D eigenvalue weighted by Crippen LogP contribution is 2.14. The molecule has 0 bridgehead atoms. The number of hydrogen-bond acceptors (Lipinski definition) is 0. The quantitative estimate of drug-likeness (QED) is 0.270. The molecular weight excluding hydrogens is 204 g/mol. The molecule has 0 unspecified atom stereocenters. The van der Waals surface area contributed by atoms with E-state index in [0.717, 1.165) is 6.42 Å². The van der Waals surface area contributed by atoms with Crippen molar-refractivity contribution in [1.82, 2.24) is 0 Å². The van der Waals surface area contributed by atoms with Gasteiger partial charge >= 0.3 is 0 Å². The van der Waals surface area contributed by atoms with Crippen molar-refractivity contribution in [2.45, 2.75) is 84.5 Å². The predicted molar refractivity (Wildman–Crippen MR) is 80.4 cm³/mol. The molecule has 0 aliphatic carbocycles. The summed E-state index contributed by atoms with van der Waals surface area (Å²) in [5.41, 5.74) is 1.39. The molecule has 0 radical (unpaired) electrons. The molecule has 0 fully saturated rings. The van der Waals surface area contributed by atoms with Crippen molar-refractivity contribution < 1.29 is 0 Å². The lowest BCUT2D eigenvalue weighted by Gasteiger charge is -2.03. The Bertz CT molecular complexity index is 188. The Morgan fingerprint density at radius 1 is 0.882 bits per heavy atom. The first-order valence-corrected chi connectivity index (χ1v) is 7.59. The summed E-state index contributed by atoms with van der Waals surface area (Å²) in [6.07, 6.45) is 19.3. The lowest BCUT2D eigenvalue weighted by atomic mass is 10.0. The van der Waals surface area contributed by atoms with Gasteiger partial charge in [-0.3, -0.25) is 0 Å². The van der Waals surface area contributed by atoms with Gasteiger partial charge < -0.3 is 0 Å². The zero-order valence-corrected chi connectivity index (χ0v) is 12.1. The topological polar surface area (TPSA) is 0 Å². The maximum absolute atomic E-state index is 4.11. The normalized spacial score (nSPS) is 11.2. The van der Waals surface area contributed by atoms with Crippen LogP contribution < -0.4 is 0 Å². The van der Waals surface area contributed by atoms with E-state index in [1.54, 1.807) is 0 Å². The third-order valence-electron chi connectivity index (χ3n) is 3.28. The Kier molecular flexibility index (Phi) is 13.1. The zero-order chi connectivity index (χ0) is 12.8. The van der Waals surface area contributed by atoms with E-state index in [4.69, 9.17) is 0 Å².